The molecule has 1 atom stereocenters. The van der Waals surface area contributed by atoms with Crippen LogP contribution in [0.15, 0.2) is 60.7 Å². The summed E-state index contributed by atoms with van der Waals surface area (Å²) in [5, 5.41) is 2.78. The van der Waals surface area contributed by atoms with Crippen molar-refractivity contribution in [1.82, 2.24) is 5.32 Å². The van der Waals surface area contributed by atoms with Gasteiger partial charge in [0.1, 0.15) is 13.2 Å². The van der Waals surface area contributed by atoms with Crippen molar-refractivity contribution in [3.05, 3.63) is 60.7 Å². The molecule has 0 radical (unpaired) electrons. The van der Waals surface area contributed by atoms with E-state index >= 15 is 0 Å². The van der Waals surface area contributed by atoms with E-state index in [0.717, 1.165) is 30.8 Å². The zero-order valence-corrected chi connectivity index (χ0v) is 15.2. The first kappa shape index (κ1) is 19.1. The van der Waals surface area contributed by atoms with Crippen molar-refractivity contribution in [2.75, 3.05) is 31.3 Å². The van der Waals surface area contributed by atoms with Gasteiger partial charge in [-0.15, -0.1) is 0 Å². The molecule has 0 saturated carbocycles. The van der Waals surface area contributed by atoms with Crippen LogP contribution in [0.4, 0.5) is 11.4 Å². The molecule has 27 heavy (non-hydrogen) atoms. The lowest BCUT2D eigenvalue weighted by Gasteiger charge is -2.23. The summed E-state index contributed by atoms with van der Waals surface area (Å²) in [5.74, 6) is -0.483. The summed E-state index contributed by atoms with van der Waals surface area (Å²) >= 11 is 0. The topological polar surface area (TPSA) is 67.9 Å². The maximum atomic E-state index is 12.7. The Morgan fingerprint density at radius 3 is 2.19 bits per heavy atom. The van der Waals surface area contributed by atoms with Gasteiger partial charge in [-0.1, -0.05) is 36.4 Å². The van der Waals surface area contributed by atoms with E-state index < -0.39 is 0 Å². The van der Waals surface area contributed by atoms with E-state index in [-0.39, 0.29) is 31.1 Å². The number of anilines is 2. The molecule has 6 heteroatoms. The largest absolute Gasteiger partial charge is 0.376 e. The molecule has 0 spiro atoms. The lowest BCUT2D eigenvalue weighted by Crippen LogP contribution is -2.36. The summed E-state index contributed by atoms with van der Waals surface area (Å²) in [7, 11) is 0. The summed E-state index contributed by atoms with van der Waals surface area (Å²) in [6.07, 6.45) is 2.07. The number of benzene rings is 2. The standard InChI is InChI=1S/C21H24N2O4/c24-20(22-14-19-12-7-13-27-19)15-26-16-21(25)23(17-8-3-1-4-9-17)18-10-5-2-6-11-18/h1-6,8-11,19H,7,12-16H2,(H,22,24)/t19-/m1/s1. The van der Waals surface area contributed by atoms with Gasteiger partial charge in [0.05, 0.1) is 6.10 Å². The Labute approximate surface area is 159 Å². The molecule has 1 aliphatic rings. The van der Waals surface area contributed by atoms with Gasteiger partial charge in [-0.05, 0) is 37.1 Å². The second kappa shape index (κ2) is 9.85. The van der Waals surface area contributed by atoms with Crippen LogP contribution in [0.25, 0.3) is 0 Å². The number of hydrogen-bond donors (Lipinski definition) is 1. The number of carbonyl (C=O) groups is 2. The molecule has 0 aromatic heterocycles. The second-order valence-corrected chi connectivity index (χ2v) is 6.33. The van der Waals surface area contributed by atoms with Crippen LogP contribution in [0.2, 0.25) is 0 Å². The van der Waals surface area contributed by atoms with Crippen LogP contribution < -0.4 is 10.2 Å². The van der Waals surface area contributed by atoms with Gasteiger partial charge in [0.15, 0.2) is 0 Å². The summed E-state index contributed by atoms with van der Waals surface area (Å²) in [5.41, 5.74) is 1.50. The molecule has 1 saturated heterocycles. The van der Waals surface area contributed by atoms with E-state index in [1.54, 1.807) is 4.90 Å². The van der Waals surface area contributed by atoms with E-state index in [9.17, 15) is 9.59 Å². The van der Waals surface area contributed by atoms with Crippen LogP contribution in [0, 0.1) is 0 Å². The number of ether oxygens (including phenoxy) is 2. The van der Waals surface area contributed by atoms with Crippen LogP contribution in [0.1, 0.15) is 12.8 Å². The third kappa shape index (κ3) is 5.64. The highest BCUT2D eigenvalue weighted by molar-refractivity contribution is 6.01. The fraction of sp³-hybridized carbons (Fsp3) is 0.333. The van der Waals surface area contributed by atoms with Crippen molar-refractivity contribution in [2.24, 2.45) is 0 Å². The Bertz CT molecular complexity index is 691. The average molecular weight is 368 g/mol. The Morgan fingerprint density at radius 2 is 1.63 bits per heavy atom. The number of nitrogens with one attached hydrogen (secondary N) is 1. The first-order chi connectivity index (χ1) is 13.2. The van der Waals surface area contributed by atoms with Gasteiger partial charge in [-0.25, -0.2) is 0 Å². The van der Waals surface area contributed by atoms with Crippen molar-refractivity contribution in [1.29, 1.82) is 0 Å². The molecular weight excluding hydrogens is 344 g/mol. The Hall–Kier alpha value is -2.70. The quantitative estimate of drug-likeness (QED) is 0.778. The van der Waals surface area contributed by atoms with Gasteiger partial charge in [0.2, 0.25) is 5.91 Å². The van der Waals surface area contributed by atoms with Gasteiger partial charge in [-0.3, -0.25) is 14.5 Å². The third-order valence-corrected chi connectivity index (χ3v) is 4.29. The fourth-order valence-electron chi connectivity index (χ4n) is 2.97. The monoisotopic (exact) mass is 368 g/mol. The minimum atomic E-state index is -0.246. The van der Waals surface area contributed by atoms with Crippen LogP contribution in [-0.2, 0) is 19.1 Å². The highest BCUT2D eigenvalue weighted by Crippen LogP contribution is 2.25. The second-order valence-electron chi connectivity index (χ2n) is 6.33. The summed E-state index contributed by atoms with van der Waals surface area (Å²) in [4.78, 5) is 26.2. The molecule has 2 aromatic rings. The zero-order valence-electron chi connectivity index (χ0n) is 15.2. The minimum absolute atomic E-state index is 0.0854. The lowest BCUT2D eigenvalue weighted by atomic mass is 10.2. The highest BCUT2D eigenvalue weighted by atomic mass is 16.5. The van der Waals surface area contributed by atoms with Crippen LogP contribution in [0.3, 0.4) is 0 Å². The summed E-state index contributed by atoms with van der Waals surface area (Å²) in [6.45, 7) is 0.893. The molecule has 1 heterocycles. The number of rotatable bonds is 8. The Kier molecular flexibility index (Phi) is 6.96. The van der Waals surface area contributed by atoms with Gasteiger partial charge in [0, 0.05) is 24.5 Å². The van der Waals surface area contributed by atoms with E-state index in [0.29, 0.717) is 6.54 Å². The van der Waals surface area contributed by atoms with E-state index in [1.807, 2.05) is 60.7 Å². The molecule has 0 bridgehead atoms. The molecule has 3 rings (SSSR count). The molecule has 1 N–H and O–H groups in total. The van der Waals surface area contributed by atoms with Crippen molar-refractivity contribution in [3.63, 3.8) is 0 Å². The van der Waals surface area contributed by atoms with Gasteiger partial charge >= 0.3 is 0 Å². The normalized spacial score (nSPS) is 16.1. The van der Waals surface area contributed by atoms with Crippen molar-refractivity contribution in [3.8, 4) is 0 Å². The van der Waals surface area contributed by atoms with Gasteiger partial charge < -0.3 is 14.8 Å². The van der Waals surface area contributed by atoms with Crippen molar-refractivity contribution < 1.29 is 19.1 Å². The zero-order chi connectivity index (χ0) is 18.9. The predicted octanol–water partition coefficient (Wildman–Crippen LogP) is 2.66. The number of carbonyl (C=O) groups excluding carboxylic acids is 2. The summed E-state index contributed by atoms with van der Waals surface area (Å²) in [6, 6.07) is 18.7. The predicted molar refractivity (Wildman–Crippen MR) is 103 cm³/mol. The molecule has 2 aromatic carbocycles. The van der Waals surface area contributed by atoms with Crippen LogP contribution in [0.5, 0.6) is 0 Å². The molecule has 2 amide bonds. The first-order valence-corrected chi connectivity index (χ1v) is 9.13. The summed E-state index contributed by atoms with van der Waals surface area (Å²) < 4.78 is 10.8. The average Bonchev–Trinajstić information content (AvgIpc) is 3.22. The highest BCUT2D eigenvalue weighted by Gasteiger charge is 2.19. The maximum Gasteiger partial charge on any atom is 0.257 e. The molecule has 0 aliphatic carbocycles. The SMILES string of the molecule is O=C(COCC(=O)N(c1ccccc1)c1ccccc1)NC[C@H]1CCCO1. The van der Waals surface area contributed by atoms with Crippen LogP contribution in [-0.4, -0.2) is 44.3 Å². The number of amides is 2. The van der Waals surface area contributed by atoms with Crippen molar-refractivity contribution in [2.45, 2.75) is 18.9 Å². The fourth-order valence-corrected chi connectivity index (χ4v) is 2.97. The molecule has 1 fully saturated rings. The van der Waals surface area contributed by atoms with E-state index in [2.05, 4.69) is 5.32 Å². The molecule has 1 aliphatic heterocycles. The number of para-hydroxylation sites is 2. The third-order valence-electron chi connectivity index (χ3n) is 4.29. The lowest BCUT2D eigenvalue weighted by molar-refractivity contribution is -0.129. The number of nitrogens with zero attached hydrogens (tertiary/aromatic N) is 1. The maximum absolute atomic E-state index is 12.7. The first-order valence-electron chi connectivity index (χ1n) is 9.13. The molecule has 6 nitrogen and oxygen atoms in total. The molecule has 0 unspecified atom stereocenters. The smallest absolute Gasteiger partial charge is 0.257 e. The molecule has 142 valence electrons. The number of hydrogen-bond acceptors (Lipinski definition) is 4. The van der Waals surface area contributed by atoms with E-state index in [4.69, 9.17) is 9.47 Å². The van der Waals surface area contributed by atoms with E-state index in [1.165, 1.54) is 0 Å². The molecular formula is C21H24N2O4. The van der Waals surface area contributed by atoms with Gasteiger partial charge in [0.25, 0.3) is 5.91 Å². The Balaban J connectivity index is 1.53. The Morgan fingerprint density at radius 1 is 1.00 bits per heavy atom. The van der Waals surface area contributed by atoms with Crippen LogP contribution >= 0.6 is 0 Å². The van der Waals surface area contributed by atoms with Crippen molar-refractivity contribution >= 4 is 23.2 Å². The minimum Gasteiger partial charge on any atom is -0.376 e. The van der Waals surface area contributed by atoms with Gasteiger partial charge in [-0.2, -0.15) is 0 Å².